The van der Waals surface area contributed by atoms with Crippen molar-refractivity contribution in [2.45, 2.75) is 6.92 Å². The molecule has 0 aliphatic carbocycles. The third-order valence-corrected chi connectivity index (χ3v) is 5.29. The first kappa shape index (κ1) is 17.5. The molecule has 3 heterocycles. The Kier molecular flexibility index (Phi) is 5.02. The summed E-state index contributed by atoms with van der Waals surface area (Å²) in [5.74, 6) is 0.726. The number of thiazole rings is 1. The largest absolute Gasteiger partial charge is 0.368 e. The highest BCUT2D eigenvalue weighted by molar-refractivity contribution is 7.14. The molecule has 1 amide bonds. The van der Waals surface area contributed by atoms with Gasteiger partial charge in [0.15, 0.2) is 5.13 Å². The number of aryl methyl sites for hydroxylation is 1. The molecule has 0 radical (unpaired) electrons. The van der Waals surface area contributed by atoms with Crippen molar-refractivity contribution in [2.24, 2.45) is 0 Å². The Labute approximate surface area is 162 Å². The van der Waals surface area contributed by atoms with Crippen molar-refractivity contribution in [3.63, 3.8) is 0 Å². The van der Waals surface area contributed by atoms with Crippen LogP contribution in [-0.2, 0) is 0 Å². The van der Waals surface area contributed by atoms with Crippen LogP contribution in [0.1, 0.15) is 16.2 Å². The molecule has 1 N–H and O–H groups in total. The van der Waals surface area contributed by atoms with Gasteiger partial charge in [-0.3, -0.25) is 4.79 Å². The molecule has 1 aliphatic rings. The van der Waals surface area contributed by atoms with E-state index in [0.29, 0.717) is 23.9 Å². The van der Waals surface area contributed by atoms with E-state index >= 15 is 0 Å². The lowest BCUT2D eigenvalue weighted by Gasteiger charge is -2.35. The Balaban J connectivity index is 1.37. The summed E-state index contributed by atoms with van der Waals surface area (Å²) >= 11 is 1.42. The molecular formula is C20H21N5OS. The number of nitrogens with zero attached hydrogens (tertiary/aromatic N) is 4. The molecule has 2 aromatic heterocycles. The number of hydrogen-bond donors (Lipinski definition) is 1. The number of anilines is 3. The fourth-order valence-electron chi connectivity index (χ4n) is 3.12. The number of carbonyl (C=O) groups is 1. The fraction of sp³-hybridized carbons (Fsp3) is 0.250. The lowest BCUT2D eigenvalue weighted by Crippen LogP contribution is -2.48. The molecule has 0 saturated carbocycles. The van der Waals surface area contributed by atoms with Crippen LogP contribution >= 0.6 is 11.3 Å². The van der Waals surface area contributed by atoms with Crippen molar-refractivity contribution in [3.05, 3.63) is 65.3 Å². The van der Waals surface area contributed by atoms with Crippen molar-refractivity contribution in [1.29, 1.82) is 0 Å². The van der Waals surface area contributed by atoms with E-state index in [2.05, 4.69) is 32.3 Å². The minimum Gasteiger partial charge on any atom is -0.368 e. The number of piperazine rings is 1. The predicted molar refractivity (Wildman–Crippen MR) is 109 cm³/mol. The molecule has 7 heteroatoms. The van der Waals surface area contributed by atoms with E-state index in [-0.39, 0.29) is 5.91 Å². The van der Waals surface area contributed by atoms with Crippen LogP contribution in [0.5, 0.6) is 0 Å². The van der Waals surface area contributed by atoms with Gasteiger partial charge in [0, 0.05) is 42.9 Å². The first-order valence-corrected chi connectivity index (χ1v) is 9.82. The summed E-state index contributed by atoms with van der Waals surface area (Å²) in [6.45, 7) is 5.01. The van der Waals surface area contributed by atoms with E-state index in [9.17, 15) is 4.79 Å². The number of rotatable bonds is 4. The van der Waals surface area contributed by atoms with Crippen molar-refractivity contribution in [2.75, 3.05) is 36.4 Å². The number of carbonyl (C=O) groups excluding carboxylic acids is 1. The molecule has 27 heavy (non-hydrogen) atoms. The SMILES string of the molecule is Cc1cccc(Nc2nc(C(=O)N3CCN(c4ccccc4)CC3)cs2)n1. The molecule has 3 aromatic rings. The van der Waals surface area contributed by atoms with Gasteiger partial charge >= 0.3 is 0 Å². The van der Waals surface area contributed by atoms with Crippen molar-refractivity contribution < 1.29 is 4.79 Å². The Hall–Kier alpha value is -2.93. The van der Waals surface area contributed by atoms with Crippen LogP contribution in [0.4, 0.5) is 16.6 Å². The van der Waals surface area contributed by atoms with Gasteiger partial charge in [0.1, 0.15) is 11.5 Å². The second kappa shape index (κ2) is 7.75. The van der Waals surface area contributed by atoms with Gasteiger partial charge in [-0.1, -0.05) is 24.3 Å². The zero-order valence-corrected chi connectivity index (χ0v) is 15.9. The van der Waals surface area contributed by atoms with E-state index in [1.807, 2.05) is 53.6 Å². The maximum Gasteiger partial charge on any atom is 0.273 e. The second-order valence-corrected chi connectivity index (χ2v) is 7.30. The number of hydrogen-bond acceptors (Lipinski definition) is 6. The van der Waals surface area contributed by atoms with Crippen LogP contribution in [-0.4, -0.2) is 47.0 Å². The van der Waals surface area contributed by atoms with Crippen molar-refractivity contribution in [1.82, 2.24) is 14.9 Å². The highest BCUT2D eigenvalue weighted by Crippen LogP contribution is 2.22. The maximum absolute atomic E-state index is 12.8. The number of benzene rings is 1. The van der Waals surface area contributed by atoms with Gasteiger partial charge in [0.25, 0.3) is 5.91 Å². The molecule has 0 atom stereocenters. The van der Waals surface area contributed by atoms with Crippen molar-refractivity contribution >= 4 is 33.9 Å². The standard InChI is InChI=1S/C20H21N5OS/c1-15-6-5-9-18(21-15)23-20-22-17(14-27-20)19(26)25-12-10-24(11-13-25)16-7-3-2-4-8-16/h2-9,14H,10-13H2,1H3,(H,21,22,23). The first-order valence-electron chi connectivity index (χ1n) is 8.94. The van der Waals surface area contributed by atoms with Gasteiger partial charge in [-0.2, -0.15) is 0 Å². The first-order chi connectivity index (χ1) is 13.2. The summed E-state index contributed by atoms with van der Waals surface area (Å²) in [5, 5.41) is 5.66. The molecule has 0 spiro atoms. The van der Waals surface area contributed by atoms with Gasteiger partial charge in [-0.15, -0.1) is 11.3 Å². The summed E-state index contributed by atoms with van der Waals surface area (Å²) < 4.78 is 0. The topological polar surface area (TPSA) is 61.4 Å². The maximum atomic E-state index is 12.8. The third kappa shape index (κ3) is 4.09. The van der Waals surface area contributed by atoms with Gasteiger partial charge in [-0.05, 0) is 31.2 Å². The molecular weight excluding hydrogens is 358 g/mol. The van der Waals surface area contributed by atoms with E-state index < -0.39 is 0 Å². The Morgan fingerprint density at radius 3 is 2.52 bits per heavy atom. The van der Waals surface area contributed by atoms with Crippen molar-refractivity contribution in [3.8, 4) is 0 Å². The molecule has 1 fully saturated rings. The predicted octanol–water partition coefficient (Wildman–Crippen LogP) is 3.55. The Morgan fingerprint density at radius 2 is 1.78 bits per heavy atom. The molecule has 1 saturated heterocycles. The van der Waals surface area contributed by atoms with Crippen LogP contribution in [0.3, 0.4) is 0 Å². The lowest BCUT2D eigenvalue weighted by atomic mass is 10.2. The summed E-state index contributed by atoms with van der Waals surface area (Å²) in [6, 6.07) is 16.1. The molecule has 0 bridgehead atoms. The number of amides is 1. The smallest absolute Gasteiger partial charge is 0.273 e. The van der Waals surface area contributed by atoms with Gasteiger partial charge in [0.2, 0.25) is 0 Å². The zero-order chi connectivity index (χ0) is 18.6. The molecule has 0 unspecified atom stereocenters. The van der Waals surface area contributed by atoms with Crippen LogP contribution in [0.15, 0.2) is 53.9 Å². The minimum absolute atomic E-state index is 0.00999. The fourth-order valence-corrected chi connectivity index (χ4v) is 3.81. The normalized spacial score (nSPS) is 14.3. The zero-order valence-electron chi connectivity index (χ0n) is 15.1. The molecule has 138 valence electrons. The average molecular weight is 379 g/mol. The summed E-state index contributed by atoms with van der Waals surface area (Å²) in [4.78, 5) is 25.8. The number of para-hydroxylation sites is 1. The Morgan fingerprint density at radius 1 is 1.00 bits per heavy atom. The molecule has 1 aromatic carbocycles. The van der Waals surface area contributed by atoms with E-state index in [0.717, 1.165) is 24.6 Å². The van der Waals surface area contributed by atoms with Crippen LogP contribution in [0.25, 0.3) is 0 Å². The van der Waals surface area contributed by atoms with Crippen LogP contribution in [0, 0.1) is 6.92 Å². The lowest BCUT2D eigenvalue weighted by molar-refractivity contribution is 0.0742. The summed E-state index contributed by atoms with van der Waals surface area (Å²) in [6.07, 6.45) is 0. The highest BCUT2D eigenvalue weighted by atomic mass is 32.1. The van der Waals surface area contributed by atoms with E-state index in [1.54, 1.807) is 0 Å². The quantitative estimate of drug-likeness (QED) is 0.751. The van der Waals surface area contributed by atoms with E-state index in [1.165, 1.54) is 17.0 Å². The minimum atomic E-state index is -0.00999. The average Bonchev–Trinajstić information content (AvgIpc) is 3.17. The number of nitrogens with one attached hydrogen (secondary N) is 1. The van der Waals surface area contributed by atoms with Crippen LogP contribution < -0.4 is 10.2 Å². The van der Waals surface area contributed by atoms with Crippen LogP contribution in [0.2, 0.25) is 0 Å². The second-order valence-electron chi connectivity index (χ2n) is 6.44. The molecule has 1 aliphatic heterocycles. The molecule has 4 rings (SSSR count). The molecule has 6 nitrogen and oxygen atoms in total. The highest BCUT2D eigenvalue weighted by Gasteiger charge is 2.24. The van der Waals surface area contributed by atoms with Gasteiger partial charge in [-0.25, -0.2) is 9.97 Å². The number of aromatic nitrogens is 2. The van der Waals surface area contributed by atoms with Gasteiger partial charge < -0.3 is 15.1 Å². The van der Waals surface area contributed by atoms with E-state index in [4.69, 9.17) is 0 Å². The third-order valence-electron chi connectivity index (χ3n) is 4.53. The Bertz CT molecular complexity index is 919. The monoisotopic (exact) mass is 379 g/mol. The number of pyridine rings is 1. The summed E-state index contributed by atoms with van der Waals surface area (Å²) in [7, 11) is 0. The van der Waals surface area contributed by atoms with Gasteiger partial charge in [0.05, 0.1) is 0 Å². The summed E-state index contributed by atoms with van der Waals surface area (Å²) in [5.41, 5.74) is 2.63.